The summed E-state index contributed by atoms with van der Waals surface area (Å²) < 4.78 is 10.8. The molecule has 178 valence electrons. The molecule has 0 heterocycles. The first-order chi connectivity index (χ1) is 16.3. The van der Waals surface area contributed by atoms with Gasteiger partial charge in [0.05, 0.1) is 10.0 Å². The summed E-state index contributed by atoms with van der Waals surface area (Å²) >= 11 is 23.7. The van der Waals surface area contributed by atoms with Crippen molar-refractivity contribution in [2.24, 2.45) is 0 Å². The molecule has 0 bridgehead atoms. The Kier molecular flexibility index (Phi) is 9.72. The Morgan fingerprint density at radius 1 is 0.618 bits per heavy atom. The number of rotatable bonds is 10. The second-order valence-electron chi connectivity index (χ2n) is 7.10. The molecule has 0 aromatic heterocycles. The lowest BCUT2D eigenvalue weighted by molar-refractivity contribution is -0.124. The second kappa shape index (κ2) is 12.7. The quantitative estimate of drug-likeness (QED) is 0.345. The largest absolute Gasteiger partial charge is 0.482 e. The summed E-state index contributed by atoms with van der Waals surface area (Å²) in [6.07, 6.45) is 0. The minimum absolute atomic E-state index is 0.172. The lowest BCUT2D eigenvalue weighted by atomic mass is 10.1. The van der Waals surface area contributed by atoms with Crippen molar-refractivity contribution >= 4 is 58.2 Å². The van der Waals surface area contributed by atoms with Crippen molar-refractivity contribution in [2.75, 3.05) is 13.2 Å². The summed E-state index contributed by atoms with van der Waals surface area (Å²) in [5.41, 5.74) is 1.79. The van der Waals surface area contributed by atoms with Crippen LogP contribution < -0.4 is 20.1 Å². The molecule has 0 aliphatic carbocycles. The molecule has 0 atom stereocenters. The fraction of sp³-hybridized carbons (Fsp3) is 0.167. The lowest BCUT2D eigenvalue weighted by Gasteiger charge is -2.10. The molecule has 0 saturated heterocycles. The van der Waals surface area contributed by atoms with Gasteiger partial charge in [0.2, 0.25) is 0 Å². The minimum Gasteiger partial charge on any atom is -0.482 e. The van der Waals surface area contributed by atoms with E-state index in [2.05, 4.69) is 10.6 Å². The highest BCUT2D eigenvalue weighted by molar-refractivity contribution is 6.36. The van der Waals surface area contributed by atoms with Crippen molar-refractivity contribution < 1.29 is 19.1 Å². The third-order valence-electron chi connectivity index (χ3n) is 4.51. The van der Waals surface area contributed by atoms with Crippen LogP contribution in [0.4, 0.5) is 0 Å². The van der Waals surface area contributed by atoms with Crippen molar-refractivity contribution in [3.8, 4) is 11.5 Å². The van der Waals surface area contributed by atoms with Crippen LogP contribution >= 0.6 is 46.4 Å². The van der Waals surface area contributed by atoms with E-state index >= 15 is 0 Å². The predicted molar refractivity (Wildman–Crippen MR) is 134 cm³/mol. The first-order valence-electron chi connectivity index (χ1n) is 10.1. The topological polar surface area (TPSA) is 76.7 Å². The molecule has 10 heteroatoms. The highest BCUT2D eigenvalue weighted by Crippen LogP contribution is 2.28. The van der Waals surface area contributed by atoms with Gasteiger partial charge in [-0.3, -0.25) is 9.59 Å². The van der Waals surface area contributed by atoms with Crippen molar-refractivity contribution in [3.63, 3.8) is 0 Å². The molecule has 3 aromatic carbocycles. The molecule has 0 spiro atoms. The summed E-state index contributed by atoms with van der Waals surface area (Å²) in [7, 11) is 0. The molecule has 0 aliphatic rings. The monoisotopic (exact) mass is 540 g/mol. The summed E-state index contributed by atoms with van der Waals surface area (Å²) in [5, 5.41) is 7.19. The normalized spacial score (nSPS) is 10.5. The maximum atomic E-state index is 12.0. The number of carbonyl (C=O) groups is 2. The number of hydrogen-bond donors (Lipinski definition) is 2. The Balaban J connectivity index is 1.37. The second-order valence-corrected chi connectivity index (χ2v) is 8.78. The molecule has 6 nitrogen and oxygen atoms in total. The molecule has 2 N–H and O–H groups in total. The van der Waals surface area contributed by atoms with Crippen LogP contribution in [0, 0.1) is 0 Å². The van der Waals surface area contributed by atoms with Crippen molar-refractivity contribution in [1.82, 2.24) is 10.6 Å². The number of hydrogen-bond acceptors (Lipinski definition) is 4. The Hall–Kier alpha value is -2.64. The molecular weight excluding hydrogens is 522 g/mol. The molecule has 2 amide bonds. The van der Waals surface area contributed by atoms with E-state index in [9.17, 15) is 9.59 Å². The smallest absolute Gasteiger partial charge is 0.258 e. The van der Waals surface area contributed by atoms with Crippen LogP contribution in [0.25, 0.3) is 0 Å². The van der Waals surface area contributed by atoms with Gasteiger partial charge < -0.3 is 20.1 Å². The van der Waals surface area contributed by atoms with Gasteiger partial charge in [0, 0.05) is 23.1 Å². The van der Waals surface area contributed by atoms with E-state index in [0.29, 0.717) is 44.7 Å². The van der Waals surface area contributed by atoms with E-state index in [-0.39, 0.29) is 25.0 Å². The van der Waals surface area contributed by atoms with Crippen LogP contribution in [0.1, 0.15) is 11.1 Å². The molecule has 3 rings (SSSR count). The van der Waals surface area contributed by atoms with Crippen LogP contribution in [0.2, 0.25) is 20.1 Å². The SMILES string of the molecule is O=C(COc1ccc(Cl)cc1Cl)NCc1ccc(CNC(=O)COc2ccc(Cl)cc2Cl)cc1. The van der Waals surface area contributed by atoms with Crippen LogP contribution in [0.3, 0.4) is 0 Å². The number of amides is 2. The lowest BCUT2D eigenvalue weighted by Crippen LogP contribution is -2.29. The fourth-order valence-corrected chi connectivity index (χ4v) is 3.68. The average Bonchev–Trinajstić information content (AvgIpc) is 2.81. The zero-order valence-corrected chi connectivity index (χ0v) is 20.8. The number of carbonyl (C=O) groups excluding carboxylic acids is 2. The summed E-state index contributed by atoms with van der Waals surface area (Å²) in [5.74, 6) is 0.190. The number of halogens is 4. The van der Waals surface area contributed by atoms with Gasteiger partial charge in [0.1, 0.15) is 11.5 Å². The minimum atomic E-state index is -0.289. The zero-order chi connectivity index (χ0) is 24.5. The average molecular weight is 542 g/mol. The van der Waals surface area contributed by atoms with Gasteiger partial charge in [-0.1, -0.05) is 70.7 Å². The first kappa shape index (κ1) is 26.0. The molecular formula is C24H20Cl4N2O4. The Morgan fingerprint density at radius 3 is 1.35 bits per heavy atom. The molecule has 0 aliphatic heterocycles. The Bertz CT molecular complexity index is 1070. The summed E-state index contributed by atoms with van der Waals surface area (Å²) in [6.45, 7) is 0.321. The summed E-state index contributed by atoms with van der Waals surface area (Å²) in [6, 6.07) is 17.0. The van der Waals surface area contributed by atoms with E-state index in [1.807, 2.05) is 24.3 Å². The van der Waals surface area contributed by atoms with Gasteiger partial charge in [-0.05, 0) is 47.5 Å². The van der Waals surface area contributed by atoms with Crippen LogP contribution in [0.5, 0.6) is 11.5 Å². The molecule has 3 aromatic rings. The van der Waals surface area contributed by atoms with E-state index in [4.69, 9.17) is 55.9 Å². The highest BCUT2D eigenvalue weighted by atomic mass is 35.5. The van der Waals surface area contributed by atoms with E-state index in [1.165, 1.54) is 0 Å². The number of benzene rings is 3. The molecule has 0 saturated carbocycles. The van der Waals surface area contributed by atoms with Gasteiger partial charge in [0.25, 0.3) is 11.8 Å². The standard InChI is InChI=1S/C24H20Cl4N2O4/c25-17-5-7-21(19(27)9-17)33-13-23(31)29-11-15-1-2-16(4-3-15)12-30-24(32)14-34-22-8-6-18(26)10-20(22)28/h1-10H,11-14H2,(H,29,31)(H,30,32). The van der Waals surface area contributed by atoms with Crippen molar-refractivity contribution in [2.45, 2.75) is 13.1 Å². The van der Waals surface area contributed by atoms with E-state index in [0.717, 1.165) is 11.1 Å². The maximum absolute atomic E-state index is 12.0. The Labute approximate surface area is 217 Å². The number of ether oxygens (including phenoxy) is 2. The van der Waals surface area contributed by atoms with Crippen molar-refractivity contribution in [3.05, 3.63) is 91.9 Å². The third kappa shape index (κ3) is 8.29. The fourth-order valence-electron chi connectivity index (χ4n) is 2.75. The predicted octanol–water partition coefficient (Wildman–Crippen LogP) is 5.69. The van der Waals surface area contributed by atoms with E-state index < -0.39 is 0 Å². The molecule has 34 heavy (non-hydrogen) atoms. The molecule has 0 unspecified atom stereocenters. The highest BCUT2D eigenvalue weighted by Gasteiger charge is 2.08. The molecule has 0 fully saturated rings. The molecule has 0 radical (unpaired) electrons. The van der Waals surface area contributed by atoms with Gasteiger partial charge in [-0.2, -0.15) is 0 Å². The number of nitrogens with one attached hydrogen (secondary N) is 2. The van der Waals surface area contributed by atoms with Gasteiger partial charge in [-0.15, -0.1) is 0 Å². The Morgan fingerprint density at radius 2 is 1.00 bits per heavy atom. The van der Waals surface area contributed by atoms with E-state index in [1.54, 1.807) is 36.4 Å². The van der Waals surface area contributed by atoms with Crippen LogP contribution in [-0.2, 0) is 22.7 Å². The maximum Gasteiger partial charge on any atom is 0.258 e. The van der Waals surface area contributed by atoms with Crippen LogP contribution in [0.15, 0.2) is 60.7 Å². The van der Waals surface area contributed by atoms with Gasteiger partial charge in [0.15, 0.2) is 13.2 Å². The first-order valence-corrected chi connectivity index (χ1v) is 11.6. The summed E-state index contributed by atoms with van der Waals surface area (Å²) in [4.78, 5) is 24.1. The van der Waals surface area contributed by atoms with Crippen LogP contribution in [-0.4, -0.2) is 25.0 Å². The van der Waals surface area contributed by atoms with Gasteiger partial charge in [-0.25, -0.2) is 0 Å². The third-order valence-corrected chi connectivity index (χ3v) is 5.57. The zero-order valence-electron chi connectivity index (χ0n) is 17.7. The van der Waals surface area contributed by atoms with Crippen molar-refractivity contribution in [1.29, 1.82) is 0 Å². The van der Waals surface area contributed by atoms with Gasteiger partial charge >= 0.3 is 0 Å².